The van der Waals surface area contributed by atoms with E-state index < -0.39 is 5.82 Å². The lowest BCUT2D eigenvalue weighted by atomic mass is 10.1. The van der Waals surface area contributed by atoms with Gasteiger partial charge in [-0.05, 0) is 38.5 Å². The summed E-state index contributed by atoms with van der Waals surface area (Å²) in [5, 5.41) is 11.5. The molecule has 112 valence electrons. The SMILES string of the molecule is CSCCC(C)N(C)Cc1cccc(/C(N)=N/O)c1F. The Kier molecular flexibility index (Phi) is 6.81. The van der Waals surface area contributed by atoms with Crippen LogP contribution in [0.5, 0.6) is 0 Å². The molecule has 0 heterocycles. The number of hydrogen-bond acceptors (Lipinski definition) is 4. The van der Waals surface area contributed by atoms with Crippen molar-refractivity contribution in [2.75, 3.05) is 19.1 Å². The minimum atomic E-state index is -0.424. The molecule has 3 N–H and O–H groups in total. The van der Waals surface area contributed by atoms with Crippen LogP contribution in [0, 0.1) is 5.82 Å². The molecule has 1 unspecified atom stereocenters. The predicted molar refractivity (Wildman–Crippen MR) is 82.8 cm³/mol. The van der Waals surface area contributed by atoms with Gasteiger partial charge in [0.15, 0.2) is 5.84 Å². The number of amidine groups is 1. The normalized spacial score (nSPS) is 13.8. The maximum Gasteiger partial charge on any atom is 0.173 e. The highest BCUT2D eigenvalue weighted by Crippen LogP contribution is 2.16. The molecule has 0 saturated heterocycles. The van der Waals surface area contributed by atoms with Crippen molar-refractivity contribution in [3.63, 3.8) is 0 Å². The van der Waals surface area contributed by atoms with Crippen LogP contribution in [0.15, 0.2) is 23.4 Å². The van der Waals surface area contributed by atoms with Crippen LogP contribution < -0.4 is 5.73 Å². The van der Waals surface area contributed by atoms with Gasteiger partial charge in [-0.1, -0.05) is 17.3 Å². The van der Waals surface area contributed by atoms with Gasteiger partial charge in [0, 0.05) is 18.2 Å². The molecule has 4 nitrogen and oxygen atoms in total. The monoisotopic (exact) mass is 299 g/mol. The van der Waals surface area contributed by atoms with Crippen molar-refractivity contribution < 1.29 is 9.60 Å². The molecule has 0 bridgehead atoms. The van der Waals surface area contributed by atoms with Crippen molar-refractivity contribution in [3.05, 3.63) is 35.1 Å². The average molecular weight is 299 g/mol. The van der Waals surface area contributed by atoms with Crippen molar-refractivity contribution in [1.29, 1.82) is 0 Å². The van der Waals surface area contributed by atoms with E-state index in [0.29, 0.717) is 18.2 Å². The third-order valence-electron chi connectivity index (χ3n) is 3.37. The van der Waals surface area contributed by atoms with E-state index in [1.54, 1.807) is 23.9 Å². The zero-order valence-corrected chi connectivity index (χ0v) is 13.0. The lowest BCUT2D eigenvalue weighted by Gasteiger charge is -2.25. The average Bonchev–Trinajstić information content (AvgIpc) is 2.45. The molecule has 1 aromatic carbocycles. The molecule has 0 radical (unpaired) electrons. The highest BCUT2D eigenvalue weighted by molar-refractivity contribution is 7.98. The largest absolute Gasteiger partial charge is 0.409 e. The van der Waals surface area contributed by atoms with Gasteiger partial charge in [0.1, 0.15) is 5.82 Å². The summed E-state index contributed by atoms with van der Waals surface area (Å²) in [6.07, 6.45) is 3.13. The number of nitrogens with zero attached hydrogens (tertiary/aromatic N) is 2. The second-order valence-corrected chi connectivity index (χ2v) is 5.80. The molecule has 0 aliphatic heterocycles. The summed E-state index contributed by atoms with van der Waals surface area (Å²) in [6, 6.07) is 5.31. The van der Waals surface area contributed by atoms with Gasteiger partial charge in [-0.25, -0.2) is 4.39 Å². The third-order valence-corrected chi connectivity index (χ3v) is 4.02. The first kappa shape index (κ1) is 16.8. The van der Waals surface area contributed by atoms with E-state index in [-0.39, 0.29) is 11.4 Å². The summed E-state index contributed by atoms with van der Waals surface area (Å²) in [5.74, 6) is 0.451. The summed E-state index contributed by atoms with van der Waals surface area (Å²) in [5.41, 5.74) is 6.15. The van der Waals surface area contributed by atoms with Crippen molar-refractivity contribution in [3.8, 4) is 0 Å². The molecule has 6 heteroatoms. The molecular weight excluding hydrogens is 277 g/mol. The molecule has 1 rings (SSSR count). The zero-order chi connectivity index (χ0) is 15.1. The van der Waals surface area contributed by atoms with E-state index in [1.807, 2.05) is 7.05 Å². The molecule has 0 saturated carbocycles. The second kappa shape index (κ2) is 8.11. The van der Waals surface area contributed by atoms with Gasteiger partial charge >= 0.3 is 0 Å². The maximum atomic E-state index is 14.3. The minimum absolute atomic E-state index is 0.134. The lowest BCUT2D eigenvalue weighted by molar-refractivity contribution is 0.242. The first-order chi connectivity index (χ1) is 9.51. The third kappa shape index (κ3) is 4.38. The van der Waals surface area contributed by atoms with Gasteiger partial charge < -0.3 is 10.9 Å². The van der Waals surface area contributed by atoms with E-state index in [1.165, 1.54) is 6.07 Å². The van der Waals surface area contributed by atoms with Gasteiger partial charge in [-0.3, -0.25) is 4.90 Å². The van der Waals surface area contributed by atoms with Crippen LogP contribution in [0.1, 0.15) is 24.5 Å². The van der Waals surface area contributed by atoms with Crippen molar-refractivity contribution >= 4 is 17.6 Å². The van der Waals surface area contributed by atoms with E-state index in [9.17, 15) is 4.39 Å². The molecule has 0 fully saturated rings. The summed E-state index contributed by atoms with van der Waals surface area (Å²) in [6.45, 7) is 2.62. The summed E-state index contributed by atoms with van der Waals surface area (Å²) >= 11 is 1.81. The van der Waals surface area contributed by atoms with Gasteiger partial charge in [0.05, 0.1) is 5.56 Å². The Morgan fingerprint density at radius 1 is 1.55 bits per heavy atom. The summed E-state index contributed by atoms with van der Waals surface area (Å²) in [4.78, 5) is 2.10. The van der Waals surface area contributed by atoms with Crippen LogP contribution in [0.3, 0.4) is 0 Å². The molecule has 0 spiro atoms. The van der Waals surface area contributed by atoms with Crippen LogP contribution in [0.2, 0.25) is 0 Å². The van der Waals surface area contributed by atoms with Crippen LogP contribution in [-0.2, 0) is 6.54 Å². The van der Waals surface area contributed by atoms with Crippen LogP contribution in [-0.4, -0.2) is 41.0 Å². The number of benzene rings is 1. The molecular formula is C14H22FN3OS. The number of rotatable bonds is 7. The molecule has 0 aliphatic carbocycles. The molecule has 1 atom stereocenters. The molecule has 1 aromatic rings. The Hall–Kier alpha value is -1.27. The smallest absolute Gasteiger partial charge is 0.173 e. The standard InChI is InChI=1S/C14H22FN3OS/c1-10(7-8-20-3)18(2)9-11-5-4-6-12(13(11)15)14(16)17-19/h4-6,10,19H,7-9H2,1-3H3,(H2,16,17). The zero-order valence-electron chi connectivity index (χ0n) is 12.1. The maximum absolute atomic E-state index is 14.3. The number of thioether (sulfide) groups is 1. The van der Waals surface area contributed by atoms with E-state index in [2.05, 4.69) is 23.2 Å². The van der Waals surface area contributed by atoms with Crippen LogP contribution >= 0.6 is 11.8 Å². The van der Waals surface area contributed by atoms with Crippen LogP contribution in [0.4, 0.5) is 4.39 Å². The predicted octanol–water partition coefficient (Wildman–Crippen LogP) is 2.49. The van der Waals surface area contributed by atoms with E-state index in [4.69, 9.17) is 10.9 Å². The molecule has 0 amide bonds. The Morgan fingerprint density at radius 2 is 2.25 bits per heavy atom. The summed E-state index contributed by atoms with van der Waals surface area (Å²) in [7, 11) is 1.97. The van der Waals surface area contributed by atoms with Gasteiger partial charge in [-0.2, -0.15) is 11.8 Å². The Balaban J connectivity index is 2.82. The number of halogens is 1. The number of oxime groups is 1. The molecule has 20 heavy (non-hydrogen) atoms. The fourth-order valence-corrected chi connectivity index (χ4v) is 2.46. The Morgan fingerprint density at radius 3 is 2.85 bits per heavy atom. The highest BCUT2D eigenvalue weighted by Gasteiger charge is 2.15. The van der Waals surface area contributed by atoms with Gasteiger partial charge in [0.25, 0.3) is 0 Å². The van der Waals surface area contributed by atoms with Gasteiger partial charge in [0.2, 0.25) is 0 Å². The first-order valence-electron chi connectivity index (χ1n) is 6.45. The quantitative estimate of drug-likeness (QED) is 0.351. The van der Waals surface area contributed by atoms with Crippen molar-refractivity contribution in [1.82, 2.24) is 4.90 Å². The number of hydrogen-bond donors (Lipinski definition) is 2. The second-order valence-electron chi connectivity index (χ2n) is 4.81. The van der Waals surface area contributed by atoms with Crippen LogP contribution in [0.25, 0.3) is 0 Å². The van der Waals surface area contributed by atoms with E-state index >= 15 is 0 Å². The van der Waals surface area contributed by atoms with E-state index in [0.717, 1.165) is 12.2 Å². The first-order valence-corrected chi connectivity index (χ1v) is 7.85. The lowest BCUT2D eigenvalue weighted by Crippen LogP contribution is -2.29. The highest BCUT2D eigenvalue weighted by atomic mass is 32.2. The fourth-order valence-electron chi connectivity index (χ4n) is 1.89. The Bertz CT molecular complexity index is 468. The fraction of sp³-hybridized carbons (Fsp3) is 0.500. The number of nitrogens with two attached hydrogens (primary N) is 1. The van der Waals surface area contributed by atoms with Crippen molar-refractivity contribution in [2.45, 2.75) is 25.9 Å². The Labute approximate surface area is 123 Å². The topological polar surface area (TPSA) is 61.8 Å². The molecule has 0 aliphatic rings. The minimum Gasteiger partial charge on any atom is -0.409 e. The van der Waals surface area contributed by atoms with Crippen molar-refractivity contribution in [2.24, 2.45) is 10.9 Å². The molecule has 0 aromatic heterocycles. The summed E-state index contributed by atoms with van der Waals surface area (Å²) < 4.78 is 14.3. The van der Waals surface area contributed by atoms with Gasteiger partial charge in [-0.15, -0.1) is 0 Å².